The van der Waals surface area contributed by atoms with Crippen molar-refractivity contribution >= 4 is 34.4 Å². The van der Waals surface area contributed by atoms with Gasteiger partial charge in [-0.05, 0) is 37.6 Å². The monoisotopic (exact) mass is 429 g/mol. The van der Waals surface area contributed by atoms with Crippen LogP contribution in [0.15, 0.2) is 46.9 Å². The molecule has 29 heavy (non-hydrogen) atoms. The van der Waals surface area contributed by atoms with Crippen LogP contribution < -0.4 is 9.47 Å². The van der Waals surface area contributed by atoms with Gasteiger partial charge in [-0.1, -0.05) is 47.8 Å². The highest BCUT2D eigenvalue weighted by Crippen LogP contribution is 2.33. The van der Waals surface area contributed by atoms with E-state index >= 15 is 0 Å². The second-order valence-corrected chi connectivity index (χ2v) is 7.19. The quantitative estimate of drug-likeness (QED) is 0.349. The molecule has 4 rings (SSSR count). The molecule has 0 aliphatic rings. The predicted octanol–water partition coefficient (Wildman–Crippen LogP) is 6.48. The summed E-state index contributed by atoms with van der Waals surface area (Å²) < 4.78 is 17.4. The number of benzene rings is 2. The van der Waals surface area contributed by atoms with Gasteiger partial charge in [-0.25, -0.2) is 4.98 Å². The predicted molar refractivity (Wildman–Crippen MR) is 112 cm³/mol. The van der Waals surface area contributed by atoms with E-state index in [0.29, 0.717) is 39.7 Å². The Bertz CT molecular complexity index is 1180. The van der Waals surface area contributed by atoms with Crippen LogP contribution in [-0.2, 0) is 0 Å². The maximum Gasteiger partial charge on any atom is 0.328 e. The summed E-state index contributed by atoms with van der Waals surface area (Å²) in [5.41, 5.74) is 2.66. The number of nitrogens with zero attached hydrogens (tertiary/aromatic N) is 3. The van der Waals surface area contributed by atoms with E-state index in [1.807, 2.05) is 38.1 Å². The second kappa shape index (κ2) is 8.27. The Hall–Kier alpha value is -2.83. The van der Waals surface area contributed by atoms with Gasteiger partial charge in [-0.2, -0.15) is 9.97 Å². The molecule has 8 heteroatoms. The van der Waals surface area contributed by atoms with Crippen molar-refractivity contribution in [2.24, 2.45) is 0 Å². The molecule has 0 bridgehead atoms. The van der Waals surface area contributed by atoms with Crippen LogP contribution in [0.1, 0.15) is 18.9 Å². The van der Waals surface area contributed by atoms with Crippen molar-refractivity contribution in [3.05, 3.63) is 58.1 Å². The molecule has 0 N–H and O–H groups in total. The zero-order chi connectivity index (χ0) is 20.4. The number of fused-ring (bicyclic) bond motifs is 1. The average Bonchev–Trinajstić information content (AvgIpc) is 3.13. The number of oxazole rings is 1. The van der Waals surface area contributed by atoms with Crippen molar-refractivity contribution in [1.29, 1.82) is 0 Å². The molecular weight excluding hydrogens is 413 g/mol. The molecule has 2 aromatic carbocycles. The zero-order valence-corrected chi connectivity index (χ0v) is 17.3. The van der Waals surface area contributed by atoms with Crippen molar-refractivity contribution < 1.29 is 13.9 Å². The summed E-state index contributed by atoms with van der Waals surface area (Å²) in [4.78, 5) is 13.2. The smallest absolute Gasteiger partial charge is 0.328 e. The number of rotatable bonds is 6. The Kier molecular flexibility index (Phi) is 5.56. The highest BCUT2D eigenvalue weighted by molar-refractivity contribution is 6.42. The van der Waals surface area contributed by atoms with Gasteiger partial charge in [0.2, 0.25) is 5.89 Å². The third-order valence-electron chi connectivity index (χ3n) is 4.01. The van der Waals surface area contributed by atoms with Gasteiger partial charge < -0.3 is 13.9 Å². The average molecular weight is 430 g/mol. The zero-order valence-electron chi connectivity index (χ0n) is 15.8. The van der Waals surface area contributed by atoms with E-state index in [4.69, 9.17) is 37.1 Å². The van der Waals surface area contributed by atoms with Crippen molar-refractivity contribution in [2.75, 3.05) is 6.61 Å². The molecule has 0 spiro atoms. The molecule has 6 nitrogen and oxygen atoms in total. The summed E-state index contributed by atoms with van der Waals surface area (Å²) in [5, 5.41) is 0.800. The molecule has 0 atom stereocenters. The van der Waals surface area contributed by atoms with Gasteiger partial charge in [0.25, 0.3) is 11.6 Å². The Morgan fingerprint density at radius 1 is 1.00 bits per heavy atom. The van der Waals surface area contributed by atoms with Crippen LogP contribution >= 0.6 is 23.2 Å². The molecule has 0 saturated heterocycles. The van der Waals surface area contributed by atoms with Crippen LogP contribution in [-0.4, -0.2) is 21.6 Å². The molecule has 148 valence electrons. The molecule has 0 radical (unpaired) electrons. The summed E-state index contributed by atoms with van der Waals surface area (Å²) in [6, 6.07) is 12.8. The van der Waals surface area contributed by atoms with Gasteiger partial charge >= 0.3 is 6.01 Å². The third-order valence-corrected chi connectivity index (χ3v) is 4.75. The van der Waals surface area contributed by atoms with Gasteiger partial charge in [0.05, 0.1) is 16.7 Å². The lowest BCUT2D eigenvalue weighted by Gasteiger charge is -2.07. The normalized spacial score (nSPS) is 11.0. The standard InChI is InChI=1S/C21H17Cl2N3O3/c1-3-9-27-19-17-20(29-18(24-17)13-6-4-5-12(2)10-13)26-21(25-19)28-14-7-8-15(22)16(23)11-14/h4-8,10-11H,3,9H2,1-2H3. The van der Waals surface area contributed by atoms with Crippen molar-refractivity contribution in [1.82, 2.24) is 15.0 Å². The minimum Gasteiger partial charge on any atom is -0.476 e. The molecule has 0 aliphatic carbocycles. The highest BCUT2D eigenvalue weighted by atomic mass is 35.5. The minimum atomic E-state index is 0.0638. The van der Waals surface area contributed by atoms with Crippen LogP contribution in [0.25, 0.3) is 22.7 Å². The molecule has 0 amide bonds. The highest BCUT2D eigenvalue weighted by Gasteiger charge is 2.18. The SMILES string of the molecule is CCCOc1nc(Oc2ccc(Cl)c(Cl)c2)nc2oc(-c3cccc(C)c3)nc12. The van der Waals surface area contributed by atoms with E-state index in [-0.39, 0.29) is 11.7 Å². The summed E-state index contributed by atoms with van der Waals surface area (Å²) in [7, 11) is 0. The lowest BCUT2D eigenvalue weighted by molar-refractivity contribution is 0.302. The fraction of sp³-hybridized carbons (Fsp3) is 0.190. The third kappa shape index (κ3) is 4.28. The Balaban J connectivity index is 1.76. The summed E-state index contributed by atoms with van der Waals surface area (Å²) in [6.45, 7) is 4.49. The van der Waals surface area contributed by atoms with Crippen molar-refractivity contribution in [3.63, 3.8) is 0 Å². The van der Waals surface area contributed by atoms with Crippen LogP contribution in [0, 0.1) is 6.92 Å². The first-order valence-electron chi connectivity index (χ1n) is 9.05. The minimum absolute atomic E-state index is 0.0638. The number of hydrogen-bond donors (Lipinski definition) is 0. The van der Waals surface area contributed by atoms with Crippen LogP contribution in [0.3, 0.4) is 0 Å². The van der Waals surface area contributed by atoms with Gasteiger partial charge in [-0.15, -0.1) is 0 Å². The molecule has 2 heterocycles. The number of aryl methyl sites for hydroxylation is 1. The topological polar surface area (TPSA) is 70.3 Å². The largest absolute Gasteiger partial charge is 0.476 e. The molecule has 4 aromatic rings. The van der Waals surface area contributed by atoms with Crippen LogP contribution in [0.5, 0.6) is 17.6 Å². The fourth-order valence-electron chi connectivity index (χ4n) is 2.67. The van der Waals surface area contributed by atoms with E-state index in [2.05, 4.69) is 15.0 Å². The van der Waals surface area contributed by atoms with E-state index in [1.54, 1.807) is 18.2 Å². The van der Waals surface area contributed by atoms with Gasteiger partial charge in [0, 0.05) is 11.6 Å². The number of hydrogen-bond acceptors (Lipinski definition) is 6. The molecule has 0 unspecified atom stereocenters. The first-order valence-corrected chi connectivity index (χ1v) is 9.80. The molecule has 0 aliphatic heterocycles. The molecule has 2 aromatic heterocycles. The summed E-state index contributed by atoms with van der Waals surface area (Å²) >= 11 is 12.0. The van der Waals surface area contributed by atoms with Crippen LogP contribution in [0.4, 0.5) is 0 Å². The van der Waals surface area contributed by atoms with Gasteiger partial charge in [-0.3, -0.25) is 0 Å². The van der Waals surface area contributed by atoms with E-state index < -0.39 is 0 Å². The maximum atomic E-state index is 6.05. The van der Waals surface area contributed by atoms with E-state index in [9.17, 15) is 0 Å². The van der Waals surface area contributed by atoms with E-state index in [1.165, 1.54) is 0 Å². The summed E-state index contributed by atoms with van der Waals surface area (Å²) in [6.07, 6.45) is 0.817. The Morgan fingerprint density at radius 2 is 1.86 bits per heavy atom. The lowest BCUT2D eigenvalue weighted by atomic mass is 10.1. The van der Waals surface area contributed by atoms with Gasteiger partial charge in [0.15, 0.2) is 5.52 Å². The Labute approximate surface area is 177 Å². The maximum absolute atomic E-state index is 6.05. The fourth-order valence-corrected chi connectivity index (χ4v) is 2.96. The molecule has 0 saturated carbocycles. The van der Waals surface area contributed by atoms with Gasteiger partial charge in [0.1, 0.15) is 5.75 Å². The van der Waals surface area contributed by atoms with Crippen molar-refractivity contribution in [3.8, 4) is 29.1 Å². The number of halogens is 2. The lowest BCUT2D eigenvalue weighted by Crippen LogP contribution is -2.01. The second-order valence-electron chi connectivity index (χ2n) is 6.38. The molecular formula is C21H17Cl2N3O3. The van der Waals surface area contributed by atoms with Crippen LogP contribution in [0.2, 0.25) is 10.0 Å². The van der Waals surface area contributed by atoms with E-state index in [0.717, 1.165) is 17.5 Å². The first kappa shape index (κ1) is 19.5. The molecule has 0 fully saturated rings. The first-order chi connectivity index (χ1) is 14.0. The Morgan fingerprint density at radius 3 is 2.62 bits per heavy atom. The van der Waals surface area contributed by atoms with Crippen molar-refractivity contribution in [2.45, 2.75) is 20.3 Å². The summed E-state index contributed by atoms with van der Waals surface area (Å²) in [5.74, 6) is 1.18. The number of aromatic nitrogens is 3. The number of ether oxygens (including phenoxy) is 2.